The molecule has 0 bridgehead atoms. The van der Waals surface area contributed by atoms with E-state index in [1.807, 2.05) is 6.92 Å². The van der Waals surface area contributed by atoms with Crippen molar-refractivity contribution in [1.29, 1.82) is 0 Å². The van der Waals surface area contributed by atoms with Gasteiger partial charge in [-0.25, -0.2) is 4.79 Å². The van der Waals surface area contributed by atoms with Crippen LogP contribution in [0.4, 0.5) is 5.69 Å². The molecule has 0 aliphatic heterocycles. The van der Waals surface area contributed by atoms with Gasteiger partial charge in [0.15, 0.2) is 0 Å². The second kappa shape index (κ2) is 6.40. The molecule has 2 N–H and O–H groups in total. The maximum atomic E-state index is 10.9. The fraction of sp³-hybridized carbons (Fsp3) is 0.385. The van der Waals surface area contributed by atoms with Gasteiger partial charge in [-0.1, -0.05) is 25.4 Å². The Hall–Kier alpha value is -1.55. The van der Waals surface area contributed by atoms with Crippen molar-refractivity contribution in [3.05, 3.63) is 28.8 Å². The Bertz CT molecular complexity index is 470. The highest BCUT2D eigenvalue weighted by molar-refractivity contribution is 6.33. The lowest BCUT2D eigenvalue weighted by Crippen LogP contribution is -2.03. The average molecular weight is 269 g/mol. The van der Waals surface area contributed by atoms with Crippen LogP contribution in [0, 0.1) is 5.92 Å². The third-order valence-corrected chi connectivity index (χ3v) is 2.61. The number of carboxylic acid groups (broad SMARTS) is 1. The molecule has 0 fully saturated rings. The molecule has 18 heavy (non-hydrogen) atoms. The standard InChI is InChI=1S/C13H17ClN2O2/c1-8(2)6-9(3)15-16-10-4-5-12(14)11(7-10)13(17)18/h4-5,7-8,16H,6H2,1-3H3,(H,17,18)/b15-9-. The highest BCUT2D eigenvalue weighted by atomic mass is 35.5. The van der Waals surface area contributed by atoms with Crippen LogP contribution in [0.3, 0.4) is 0 Å². The molecule has 0 unspecified atom stereocenters. The van der Waals surface area contributed by atoms with Gasteiger partial charge in [0.05, 0.1) is 16.3 Å². The normalized spacial score (nSPS) is 11.7. The lowest BCUT2D eigenvalue weighted by Gasteiger charge is -2.07. The SMILES string of the molecule is C/C(CC(C)C)=N/Nc1ccc(Cl)c(C(=O)O)c1. The summed E-state index contributed by atoms with van der Waals surface area (Å²) in [4.78, 5) is 10.9. The number of nitrogens with one attached hydrogen (secondary N) is 1. The van der Waals surface area contributed by atoms with Gasteiger partial charge in [0.1, 0.15) is 0 Å². The van der Waals surface area contributed by atoms with Crippen LogP contribution in [-0.4, -0.2) is 16.8 Å². The summed E-state index contributed by atoms with van der Waals surface area (Å²) in [5, 5.41) is 13.4. The molecule has 1 rings (SSSR count). The zero-order chi connectivity index (χ0) is 13.7. The predicted octanol–water partition coefficient (Wildman–Crippen LogP) is 3.87. The van der Waals surface area contributed by atoms with E-state index < -0.39 is 5.97 Å². The first kappa shape index (κ1) is 14.5. The summed E-state index contributed by atoms with van der Waals surface area (Å²) in [6.07, 6.45) is 0.895. The number of hydrogen-bond acceptors (Lipinski definition) is 3. The van der Waals surface area contributed by atoms with Crippen LogP contribution in [-0.2, 0) is 0 Å². The minimum absolute atomic E-state index is 0.0679. The molecular formula is C13H17ClN2O2. The van der Waals surface area contributed by atoms with E-state index in [2.05, 4.69) is 24.4 Å². The van der Waals surface area contributed by atoms with Gasteiger partial charge in [-0.3, -0.25) is 5.43 Å². The fourth-order valence-electron chi connectivity index (χ4n) is 1.56. The van der Waals surface area contributed by atoms with Gasteiger partial charge in [-0.05, 0) is 37.5 Å². The molecule has 0 atom stereocenters. The molecule has 0 spiro atoms. The summed E-state index contributed by atoms with van der Waals surface area (Å²) < 4.78 is 0. The summed E-state index contributed by atoms with van der Waals surface area (Å²) in [6, 6.07) is 4.71. The van der Waals surface area contributed by atoms with Gasteiger partial charge in [0.2, 0.25) is 0 Å². The molecule has 0 radical (unpaired) electrons. The monoisotopic (exact) mass is 268 g/mol. The maximum Gasteiger partial charge on any atom is 0.337 e. The largest absolute Gasteiger partial charge is 0.478 e. The summed E-state index contributed by atoms with van der Waals surface area (Å²) >= 11 is 5.78. The van der Waals surface area contributed by atoms with Gasteiger partial charge in [-0.15, -0.1) is 0 Å². The number of carboxylic acids is 1. The smallest absolute Gasteiger partial charge is 0.337 e. The first-order valence-electron chi connectivity index (χ1n) is 5.72. The van der Waals surface area contributed by atoms with E-state index in [-0.39, 0.29) is 10.6 Å². The molecule has 98 valence electrons. The Morgan fingerprint density at radius 2 is 2.17 bits per heavy atom. The molecule has 1 aromatic rings. The topological polar surface area (TPSA) is 61.7 Å². The predicted molar refractivity (Wildman–Crippen MR) is 74.6 cm³/mol. The molecule has 5 heteroatoms. The van der Waals surface area contributed by atoms with Crippen LogP contribution < -0.4 is 5.43 Å². The molecule has 0 amide bonds. The van der Waals surface area contributed by atoms with E-state index in [0.717, 1.165) is 12.1 Å². The quantitative estimate of drug-likeness (QED) is 0.629. The van der Waals surface area contributed by atoms with Crippen molar-refractivity contribution in [2.45, 2.75) is 27.2 Å². The Kier molecular flexibility index (Phi) is 5.16. The highest BCUT2D eigenvalue weighted by Crippen LogP contribution is 2.20. The number of hydrazone groups is 1. The summed E-state index contributed by atoms with van der Waals surface area (Å²) in [5.41, 5.74) is 4.49. The van der Waals surface area contributed by atoms with Gasteiger partial charge in [0, 0.05) is 5.71 Å². The van der Waals surface area contributed by atoms with Crippen LogP contribution in [0.25, 0.3) is 0 Å². The Labute approximate surface area is 112 Å². The number of halogens is 1. The van der Waals surface area contributed by atoms with Crippen molar-refractivity contribution < 1.29 is 9.90 Å². The third-order valence-electron chi connectivity index (χ3n) is 2.28. The zero-order valence-electron chi connectivity index (χ0n) is 10.7. The number of anilines is 1. The number of benzene rings is 1. The zero-order valence-corrected chi connectivity index (χ0v) is 11.5. The molecule has 0 heterocycles. The van der Waals surface area contributed by atoms with E-state index in [1.165, 1.54) is 6.07 Å². The molecule has 0 aliphatic rings. The number of hydrogen-bond donors (Lipinski definition) is 2. The lowest BCUT2D eigenvalue weighted by atomic mass is 10.1. The minimum Gasteiger partial charge on any atom is -0.478 e. The van der Waals surface area contributed by atoms with E-state index in [9.17, 15) is 4.79 Å². The summed E-state index contributed by atoms with van der Waals surface area (Å²) in [6.45, 7) is 6.16. The van der Waals surface area contributed by atoms with E-state index in [1.54, 1.807) is 12.1 Å². The van der Waals surface area contributed by atoms with E-state index >= 15 is 0 Å². The Morgan fingerprint density at radius 3 is 2.72 bits per heavy atom. The fourth-order valence-corrected chi connectivity index (χ4v) is 1.75. The molecule has 0 saturated heterocycles. The van der Waals surface area contributed by atoms with Crippen molar-refractivity contribution in [2.75, 3.05) is 5.43 Å². The van der Waals surface area contributed by atoms with E-state index in [0.29, 0.717) is 11.6 Å². The van der Waals surface area contributed by atoms with Crippen LogP contribution in [0.15, 0.2) is 23.3 Å². The average Bonchev–Trinajstić information content (AvgIpc) is 2.26. The molecular weight excluding hydrogens is 252 g/mol. The van der Waals surface area contributed by atoms with Crippen molar-refractivity contribution >= 4 is 29.0 Å². The molecule has 1 aromatic carbocycles. The van der Waals surface area contributed by atoms with Gasteiger partial charge < -0.3 is 5.11 Å². The van der Waals surface area contributed by atoms with Crippen molar-refractivity contribution in [1.82, 2.24) is 0 Å². The lowest BCUT2D eigenvalue weighted by molar-refractivity contribution is 0.0697. The molecule has 0 aliphatic carbocycles. The number of rotatable bonds is 5. The number of carbonyl (C=O) groups is 1. The van der Waals surface area contributed by atoms with Crippen LogP contribution in [0.1, 0.15) is 37.6 Å². The van der Waals surface area contributed by atoms with Gasteiger partial charge in [-0.2, -0.15) is 5.10 Å². The first-order valence-corrected chi connectivity index (χ1v) is 6.10. The Morgan fingerprint density at radius 1 is 1.50 bits per heavy atom. The second-order valence-corrected chi connectivity index (χ2v) is 4.96. The third kappa shape index (κ3) is 4.37. The Balaban J connectivity index is 2.80. The number of nitrogens with zero attached hydrogens (tertiary/aromatic N) is 1. The van der Waals surface area contributed by atoms with Crippen molar-refractivity contribution in [3.8, 4) is 0 Å². The number of aromatic carboxylic acids is 1. The summed E-state index contributed by atoms with van der Waals surface area (Å²) in [7, 11) is 0. The van der Waals surface area contributed by atoms with Gasteiger partial charge >= 0.3 is 5.97 Å². The van der Waals surface area contributed by atoms with Crippen molar-refractivity contribution in [3.63, 3.8) is 0 Å². The highest BCUT2D eigenvalue weighted by Gasteiger charge is 2.09. The molecule has 0 aromatic heterocycles. The second-order valence-electron chi connectivity index (χ2n) is 4.56. The molecule has 0 saturated carbocycles. The van der Waals surface area contributed by atoms with Crippen molar-refractivity contribution in [2.24, 2.45) is 11.0 Å². The summed E-state index contributed by atoms with van der Waals surface area (Å²) in [5.74, 6) is -0.512. The van der Waals surface area contributed by atoms with Crippen LogP contribution in [0.5, 0.6) is 0 Å². The minimum atomic E-state index is -1.05. The van der Waals surface area contributed by atoms with Gasteiger partial charge in [0.25, 0.3) is 0 Å². The van der Waals surface area contributed by atoms with Crippen LogP contribution >= 0.6 is 11.6 Å². The first-order chi connectivity index (χ1) is 8.40. The maximum absolute atomic E-state index is 10.9. The van der Waals surface area contributed by atoms with Crippen LogP contribution in [0.2, 0.25) is 5.02 Å². The van der Waals surface area contributed by atoms with E-state index in [4.69, 9.17) is 16.7 Å². The molecule has 4 nitrogen and oxygen atoms in total.